The number of hydrogen-bond donors (Lipinski definition) is 2. The molecule has 6 heteroatoms. The highest BCUT2D eigenvalue weighted by molar-refractivity contribution is 9.09. The van der Waals surface area contributed by atoms with Crippen LogP contribution in [0.25, 0.3) is 16.6 Å². The number of pyridine rings is 2. The van der Waals surface area contributed by atoms with E-state index in [4.69, 9.17) is 17.3 Å². The van der Waals surface area contributed by atoms with Crippen LogP contribution >= 0.6 is 27.5 Å². The van der Waals surface area contributed by atoms with Gasteiger partial charge in [0.1, 0.15) is 5.15 Å². The predicted molar refractivity (Wildman–Crippen MR) is 88.0 cm³/mol. The summed E-state index contributed by atoms with van der Waals surface area (Å²) in [5.74, 6) is 0. The van der Waals surface area contributed by atoms with Gasteiger partial charge in [0.05, 0.1) is 11.0 Å². The van der Waals surface area contributed by atoms with Crippen molar-refractivity contribution in [1.29, 1.82) is 0 Å². The first-order chi connectivity index (χ1) is 9.47. The highest BCUT2D eigenvalue weighted by atomic mass is 79.9. The molecule has 0 amide bonds. The summed E-state index contributed by atoms with van der Waals surface area (Å²) in [5.41, 5.74) is 9.24. The third kappa shape index (κ3) is 3.11. The average molecular weight is 356 g/mol. The first-order valence-electron chi connectivity index (χ1n) is 6.13. The molecular weight excluding hydrogens is 340 g/mol. The van der Waals surface area contributed by atoms with E-state index in [2.05, 4.69) is 31.2 Å². The van der Waals surface area contributed by atoms with Gasteiger partial charge >= 0.3 is 0 Å². The Kier molecular flexibility index (Phi) is 4.62. The molecular formula is C14H16BrClN4. The second-order valence-electron chi connectivity index (χ2n) is 4.79. The topological polar surface area (TPSA) is 63.8 Å². The van der Waals surface area contributed by atoms with Crippen molar-refractivity contribution >= 4 is 44.1 Å². The zero-order chi connectivity index (χ0) is 14.8. The van der Waals surface area contributed by atoms with Gasteiger partial charge in [0.25, 0.3) is 0 Å². The van der Waals surface area contributed by atoms with Gasteiger partial charge in [0, 0.05) is 35.9 Å². The van der Waals surface area contributed by atoms with E-state index in [1.54, 1.807) is 12.3 Å². The quantitative estimate of drug-likeness (QED) is 0.654. The van der Waals surface area contributed by atoms with Gasteiger partial charge in [-0.3, -0.25) is 4.98 Å². The second kappa shape index (κ2) is 6.08. The number of nitrogens with one attached hydrogen (secondary N) is 1. The van der Waals surface area contributed by atoms with Crippen LogP contribution in [0.5, 0.6) is 0 Å². The summed E-state index contributed by atoms with van der Waals surface area (Å²) in [7, 11) is 1.84. The number of aromatic nitrogens is 2. The highest BCUT2D eigenvalue weighted by Crippen LogP contribution is 2.27. The Bertz CT molecular complexity index is 655. The SMILES string of the molecule is CNC=C(c1cnc2ccc(Cl)nc2c1)C(C)(N)CBr. The minimum Gasteiger partial charge on any atom is -0.394 e. The molecule has 0 fully saturated rings. The summed E-state index contributed by atoms with van der Waals surface area (Å²) >= 11 is 9.38. The van der Waals surface area contributed by atoms with Crippen molar-refractivity contribution < 1.29 is 0 Å². The van der Waals surface area contributed by atoms with Gasteiger partial charge in [-0.25, -0.2) is 4.98 Å². The van der Waals surface area contributed by atoms with Crippen molar-refractivity contribution in [3.8, 4) is 0 Å². The van der Waals surface area contributed by atoms with E-state index in [1.165, 1.54) is 0 Å². The smallest absolute Gasteiger partial charge is 0.129 e. The number of rotatable bonds is 4. The molecule has 0 radical (unpaired) electrons. The molecule has 3 N–H and O–H groups in total. The van der Waals surface area contributed by atoms with E-state index in [0.29, 0.717) is 10.5 Å². The van der Waals surface area contributed by atoms with E-state index in [0.717, 1.165) is 22.2 Å². The molecule has 0 saturated carbocycles. The van der Waals surface area contributed by atoms with E-state index >= 15 is 0 Å². The van der Waals surface area contributed by atoms with Crippen molar-refractivity contribution in [2.75, 3.05) is 12.4 Å². The molecule has 4 nitrogen and oxygen atoms in total. The van der Waals surface area contributed by atoms with E-state index in [1.807, 2.05) is 32.3 Å². The van der Waals surface area contributed by atoms with E-state index in [-0.39, 0.29) is 0 Å². The monoisotopic (exact) mass is 354 g/mol. The summed E-state index contributed by atoms with van der Waals surface area (Å²) in [4.78, 5) is 8.70. The second-order valence-corrected chi connectivity index (χ2v) is 5.74. The molecule has 20 heavy (non-hydrogen) atoms. The number of halogens is 2. The maximum Gasteiger partial charge on any atom is 0.129 e. The molecule has 0 aromatic carbocycles. The maximum absolute atomic E-state index is 6.32. The fourth-order valence-electron chi connectivity index (χ4n) is 1.92. The molecule has 0 aliphatic carbocycles. The molecule has 1 unspecified atom stereocenters. The standard InChI is InChI=1S/C14H16BrClN4/c1-14(17,8-15)10(7-18-2)9-5-12-11(19-6-9)3-4-13(16)20-12/h3-7,18H,8,17H2,1-2H3. The Balaban J connectivity index is 2.57. The van der Waals surface area contributed by atoms with Crippen molar-refractivity contribution in [2.24, 2.45) is 5.73 Å². The molecule has 0 spiro atoms. The number of fused-ring (bicyclic) bond motifs is 1. The van der Waals surface area contributed by atoms with Crippen molar-refractivity contribution in [3.05, 3.63) is 41.3 Å². The summed E-state index contributed by atoms with van der Waals surface area (Å²) in [6.45, 7) is 1.96. The summed E-state index contributed by atoms with van der Waals surface area (Å²) in [6.07, 6.45) is 3.68. The molecule has 0 aliphatic rings. The van der Waals surface area contributed by atoms with Crippen molar-refractivity contribution in [3.63, 3.8) is 0 Å². The van der Waals surface area contributed by atoms with Gasteiger partial charge < -0.3 is 11.1 Å². The fraction of sp³-hybridized carbons (Fsp3) is 0.286. The largest absolute Gasteiger partial charge is 0.394 e. The predicted octanol–water partition coefficient (Wildman–Crippen LogP) is 2.96. The molecule has 1 atom stereocenters. The maximum atomic E-state index is 6.32. The number of alkyl halides is 1. The Labute approximate surface area is 131 Å². The van der Waals surface area contributed by atoms with Crippen LogP contribution in [0.15, 0.2) is 30.6 Å². The van der Waals surface area contributed by atoms with Gasteiger partial charge in [0.2, 0.25) is 0 Å². The van der Waals surface area contributed by atoms with Crippen molar-refractivity contribution in [1.82, 2.24) is 15.3 Å². The summed E-state index contributed by atoms with van der Waals surface area (Å²) in [6, 6.07) is 5.53. The lowest BCUT2D eigenvalue weighted by molar-refractivity contribution is 0.688. The zero-order valence-corrected chi connectivity index (χ0v) is 13.7. The van der Waals surface area contributed by atoms with E-state index in [9.17, 15) is 0 Å². The van der Waals surface area contributed by atoms with Gasteiger partial charge in [-0.1, -0.05) is 27.5 Å². The first-order valence-corrected chi connectivity index (χ1v) is 7.63. The first kappa shape index (κ1) is 15.2. The van der Waals surface area contributed by atoms with Crippen LogP contribution < -0.4 is 11.1 Å². The molecule has 0 aliphatic heterocycles. The lowest BCUT2D eigenvalue weighted by Crippen LogP contribution is -2.39. The Morgan fingerprint density at radius 1 is 1.50 bits per heavy atom. The molecule has 2 rings (SSSR count). The zero-order valence-electron chi connectivity index (χ0n) is 11.3. The van der Waals surface area contributed by atoms with E-state index < -0.39 is 5.54 Å². The van der Waals surface area contributed by atoms with Crippen LogP contribution in [0.1, 0.15) is 12.5 Å². The van der Waals surface area contributed by atoms with Crippen LogP contribution in [-0.2, 0) is 0 Å². The lowest BCUT2D eigenvalue weighted by Gasteiger charge is -2.26. The van der Waals surface area contributed by atoms with Gasteiger partial charge in [0.15, 0.2) is 0 Å². The van der Waals surface area contributed by atoms with Crippen LogP contribution in [-0.4, -0.2) is 27.9 Å². The normalized spacial score (nSPS) is 15.2. The van der Waals surface area contributed by atoms with Crippen LogP contribution in [0.4, 0.5) is 0 Å². The fourth-order valence-corrected chi connectivity index (χ4v) is 2.38. The molecule has 2 aromatic heterocycles. The molecule has 0 saturated heterocycles. The average Bonchev–Trinajstić information content (AvgIpc) is 2.43. The summed E-state index contributed by atoms with van der Waals surface area (Å²) in [5, 5.41) is 4.11. The Morgan fingerprint density at radius 2 is 2.25 bits per heavy atom. The molecule has 2 heterocycles. The minimum atomic E-state index is -0.517. The number of nitrogens with two attached hydrogens (primary N) is 1. The van der Waals surface area contributed by atoms with Crippen LogP contribution in [0, 0.1) is 0 Å². The Morgan fingerprint density at radius 3 is 2.90 bits per heavy atom. The third-order valence-corrected chi connectivity index (χ3v) is 4.37. The molecule has 2 aromatic rings. The molecule has 0 bridgehead atoms. The van der Waals surface area contributed by atoms with Crippen LogP contribution in [0.3, 0.4) is 0 Å². The lowest BCUT2D eigenvalue weighted by atomic mass is 9.90. The minimum absolute atomic E-state index is 0.451. The van der Waals surface area contributed by atoms with Crippen molar-refractivity contribution in [2.45, 2.75) is 12.5 Å². The van der Waals surface area contributed by atoms with Crippen LogP contribution in [0.2, 0.25) is 5.15 Å². The Hall–Kier alpha value is -1.17. The third-order valence-electron chi connectivity index (χ3n) is 3.00. The highest BCUT2D eigenvalue weighted by Gasteiger charge is 2.24. The van der Waals surface area contributed by atoms with Gasteiger partial charge in [-0.2, -0.15) is 0 Å². The van der Waals surface area contributed by atoms with Gasteiger partial charge in [-0.05, 0) is 30.7 Å². The number of nitrogens with zero attached hydrogens (tertiary/aromatic N) is 2. The number of hydrogen-bond acceptors (Lipinski definition) is 4. The summed E-state index contributed by atoms with van der Waals surface area (Å²) < 4.78 is 0. The van der Waals surface area contributed by atoms with Gasteiger partial charge in [-0.15, -0.1) is 0 Å². The molecule has 106 valence electrons.